The van der Waals surface area contributed by atoms with E-state index in [1.807, 2.05) is 11.0 Å². The summed E-state index contributed by atoms with van der Waals surface area (Å²) in [6.45, 7) is 1.84. The van der Waals surface area contributed by atoms with Crippen molar-refractivity contribution in [2.75, 3.05) is 31.2 Å². The third-order valence-corrected chi connectivity index (χ3v) is 4.77. The second-order valence-corrected chi connectivity index (χ2v) is 7.41. The Hall–Kier alpha value is -1.60. The molecule has 1 amide bonds. The van der Waals surface area contributed by atoms with E-state index in [1.165, 1.54) is 6.26 Å². The van der Waals surface area contributed by atoms with Crippen molar-refractivity contribution in [1.82, 2.24) is 4.90 Å². The van der Waals surface area contributed by atoms with Crippen LogP contribution in [0.1, 0.15) is 12.8 Å². The van der Waals surface area contributed by atoms with Gasteiger partial charge in [0.1, 0.15) is 0 Å². The molecule has 0 spiro atoms. The minimum Gasteiger partial charge on any atom is -0.381 e. The molecule has 7 heteroatoms. The zero-order valence-electron chi connectivity index (χ0n) is 12.1. The summed E-state index contributed by atoms with van der Waals surface area (Å²) >= 11 is 0. The largest absolute Gasteiger partial charge is 0.381 e. The number of likely N-dealkylation sites (tertiary alicyclic amines) is 1. The topological polar surface area (TPSA) is 92.5 Å². The smallest absolute Gasteiger partial charge is 0.231 e. The lowest BCUT2D eigenvalue weighted by atomic mass is 10.0. The van der Waals surface area contributed by atoms with E-state index < -0.39 is 9.84 Å². The molecule has 1 aliphatic rings. The summed E-state index contributed by atoms with van der Waals surface area (Å²) in [4.78, 5) is 13.2. The zero-order valence-corrected chi connectivity index (χ0v) is 12.9. The van der Waals surface area contributed by atoms with Crippen LogP contribution in [0.4, 0.5) is 5.69 Å². The highest BCUT2D eigenvalue weighted by Gasteiger charge is 2.21. The normalized spacial score (nSPS) is 17.6. The summed E-state index contributed by atoms with van der Waals surface area (Å²) in [5.41, 5.74) is 5.83. The molecule has 21 heavy (non-hydrogen) atoms. The van der Waals surface area contributed by atoms with Crippen molar-refractivity contribution in [2.24, 2.45) is 5.73 Å². The van der Waals surface area contributed by atoms with Gasteiger partial charge in [-0.25, -0.2) is 8.42 Å². The molecule has 1 aliphatic heterocycles. The summed E-state index contributed by atoms with van der Waals surface area (Å²) in [7, 11) is -3.25. The van der Waals surface area contributed by atoms with Gasteiger partial charge >= 0.3 is 0 Å². The monoisotopic (exact) mass is 311 g/mol. The fraction of sp³-hybridized carbons (Fsp3) is 0.500. The maximum Gasteiger partial charge on any atom is 0.231 e. The Morgan fingerprint density at radius 2 is 1.95 bits per heavy atom. The predicted octanol–water partition coefficient (Wildman–Crippen LogP) is 0.452. The number of hydrogen-bond acceptors (Lipinski definition) is 5. The van der Waals surface area contributed by atoms with Gasteiger partial charge < -0.3 is 11.1 Å². The molecule has 1 saturated heterocycles. The highest BCUT2D eigenvalue weighted by atomic mass is 32.2. The van der Waals surface area contributed by atoms with Crippen molar-refractivity contribution in [1.29, 1.82) is 0 Å². The maximum atomic E-state index is 11.8. The van der Waals surface area contributed by atoms with E-state index >= 15 is 0 Å². The second kappa shape index (κ2) is 6.44. The van der Waals surface area contributed by atoms with Crippen LogP contribution in [0.25, 0.3) is 0 Å². The van der Waals surface area contributed by atoms with Gasteiger partial charge in [-0.3, -0.25) is 9.69 Å². The number of carbonyl (C=O) groups excluding carboxylic acids is 1. The molecule has 3 N–H and O–H groups in total. The molecule has 1 aromatic carbocycles. The van der Waals surface area contributed by atoms with E-state index in [9.17, 15) is 13.2 Å². The molecular formula is C14H21N3O3S. The Kier molecular flexibility index (Phi) is 4.84. The van der Waals surface area contributed by atoms with Crippen LogP contribution in [-0.2, 0) is 14.6 Å². The minimum atomic E-state index is -3.25. The number of sulfone groups is 1. The van der Waals surface area contributed by atoms with Crippen LogP contribution in [-0.4, -0.2) is 51.2 Å². The van der Waals surface area contributed by atoms with Crippen molar-refractivity contribution >= 4 is 21.4 Å². The first kappa shape index (κ1) is 15.8. The van der Waals surface area contributed by atoms with Gasteiger partial charge in [0, 0.05) is 25.4 Å². The Morgan fingerprint density at radius 3 is 2.52 bits per heavy atom. The van der Waals surface area contributed by atoms with Gasteiger partial charge in [0.05, 0.1) is 17.1 Å². The SMILES string of the molecule is CS(=O)(=O)c1ccccc1NC1CCN(CC(N)=O)CC1. The first-order valence-electron chi connectivity index (χ1n) is 6.92. The van der Waals surface area contributed by atoms with Gasteiger partial charge in [-0.2, -0.15) is 0 Å². The molecule has 0 aromatic heterocycles. The van der Waals surface area contributed by atoms with E-state index in [4.69, 9.17) is 5.73 Å². The average molecular weight is 311 g/mol. The Labute approximate surface area is 125 Å². The van der Waals surface area contributed by atoms with Gasteiger partial charge in [0.15, 0.2) is 9.84 Å². The van der Waals surface area contributed by atoms with Crippen LogP contribution in [0.2, 0.25) is 0 Å². The molecule has 116 valence electrons. The van der Waals surface area contributed by atoms with Crippen molar-refractivity contribution in [3.05, 3.63) is 24.3 Å². The van der Waals surface area contributed by atoms with Gasteiger partial charge in [0.2, 0.25) is 5.91 Å². The van der Waals surface area contributed by atoms with E-state index in [0.717, 1.165) is 25.9 Å². The molecule has 0 unspecified atom stereocenters. The van der Waals surface area contributed by atoms with E-state index in [2.05, 4.69) is 5.32 Å². The third-order valence-electron chi connectivity index (χ3n) is 3.61. The highest BCUT2D eigenvalue weighted by Crippen LogP contribution is 2.23. The number of nitrogens with one attached hydrogen (secondary N) is 1. The van der Waals surface area contributed by atoms with E-state index in [0.29, 0.717) is 10.6 Å². The third kappa shape index (κ3) is 4.44. The predicted molar refractivity (Wildman–Crippen MR) is 81.8 cm³/mol. The molecule has 1 heterocycles. The molecular weight excluding hydrogens is 290 g/mol. The van der Waals surface area contributed by atoms with Crippen LogP contribution in [0.3, 0.4) is 0 Å². The fourth-order valence-electron chi connectivity index (χ4n) is 2.58. The van der Waals surface area contributed by atoms with Crippen LogP contribution in [0.5, 0.6) is 0 Å². The number of nitrogens with two attached hydrogens (primary N) is 1. The first-order valence-corrected chi connectivity index (χ1v) is 8.81. The summed E-state index contributed by atoms with van der Waals surface area (Å²) in [5.74, 6) is -0.316. The first-order chi connectivity index (χ1) is 9.86. The summed E-state index contributed by atoms with van der Waals surface area (Å²) in [5, 5.41) is 3.31. The molecule has 0 atom stereocenters. The molecule has 1 aromatic rings. The van der Waals surface area contributed by atoms with Crippen molar-refractivity contribution in [3.8, 4) is 0 Å². The second-order valence-electron chi connectivity index (χ2n) is 5.43. The number of amides is 1. The highest BCUT2D eigenvalue weighted by molar-refractivity contribution is 7.90. The van der Waals surface area contributed by atoms with Crippen LogP contribution in [0.15, 0.2) is 29.2 Å². The van der Waals surface area contributed by atoms with Gasteiger partial charge in [-0.1, -0.05) is 12.1 Å². The Bertz CT molecular complexity index is 608. The number of para-hydroxylation sites is 1. The van der Waals surface area contributed by atoms with Gasteiger partial charge in [-0.15, -0.1) is 0 Å². The number of anilines is 1. The zero-order chi connectivity index (χ0) is 15.5. The summed E-state index contributed by atoms with van der Waals surface area (Å²) in [6, 6.07) is 7.14. The maximum absolute atomic E-state index is 11.8. The molecule has 0 radical (unpaired) electrons. The molecule has 0 bridgehead atoms. The number of carbonyl (C=O) groups is 1. The molecule has 6 nitrogen and oxygen atoms in total. The standard InChI is InChI=1S/C14H21N3O3S/c1-21(19,20)13-5-3-2-4-12(13)16-11-6-8-17(9-7-11)10-14(15)18/h2-5,11,16H,6-10H2,1H3,(H2,15,18). The van der Waals surface area contributed by atoms with Crippen molar-refractivity contribution < 1.29 is 13.2 Å². The Morgan fingerprint density at radius 1 is 1.33 bits per heavy atom. The summed E-state index contributed by atoms with van der Waals surface area (Å²) < 4.78 is 23.5. The van der Waals surface area contributed by atoms with Crippen LogP contribution >= 0.6 is 0 Å². The molecule has 0 aliphatic carbocycles. The average Bonchev–Trinajstić information content (AvgIpc) is 2.40. The number of rotatable bonds is 5. The van der Waals surface area contributed by atoms with Crippen molar-refractivity contribution in [2.45, 2.75) is 23.8 Å². The fourth-order valence-corrected chi connectivity index (χ4v) is 3.44. The lowest BCUT2D eigenvalue weighted by Gasteiger charge is -2.32. The minimum absolute atomic E-state index is 0.206. The van der Waals surface area contributed by atoms with E-state index in [-0.39, 0.29) is 18.5 Å². The number of nitrogens with zero attached hydrogens (tertiary/aromatic N) is 1. The Balaban J connectivity index is 2.00. The van der Waals surface area contributed by atoms with Gasteiger partial charge in [0.25, 0.3) is 0 Å². The summed E-state index contributed by atoms with van der Waals surface area (Å²) in [6.07, 6.45) is 2.92. The lowest BCUT2D eigenvalue weighted by Crippen LogP contribution is -2.43. The van der Waals surface area contributed by atoms with E-state index in [1.54, 1.807) is 18.2 Å². The van der Waals surface area contributed by atoms with Crippen LogP contribution in [0, 0.1) is 0 Å². The lowest BCUT2D eigenvalue weighted by molar-refractivity contribution is -0.119. The van der Waals surface area contributed by atoms with Crippen molar-refractivity contribution in [3.63, 3.8) is 0 Å². The quantitative estimate of drug-likeness (QED) is 0.824. The molecule has 2 rings (SSSR count). The number of benzene rings is 1. The number of piperidine rings is 1. The van der Waals surface area contributed by atoms with Crippen LogP contribution < -0.4 is 11.1 Å². The number of hydrogen-bond donors (Lipinski definition) is 2. The molecule has 1 fully saturated rings. The molecule has 0 saturated carbocycles. The van der Waals surface area contributed by atoms with Gasteiger partial charge in [-0.05, 0) is 25.0 Å². The number of primary amides is 1.